The summed E-state index contributed by atoms with van der Waals surface area (Å²) in [6.45, 7) is 4.59. The van der Waals surface area contributed by atoms with Crippen LogP contribution < -0.4 is 0 Å². The summed E-state index contributed by atoms with van der Waals surface area (Å²) < 4.78 is 0.883. The van der Waals surface area contributed by atoms with Crippen molar-refractivity contribution in [3.05, 3.63) is 12.2 Å². The summed E-state index contributed by atoms with van der Waals surface area (Å²) >= 11 is 0. The van der Waals surface area contributed by atoms with Crippen molar-refractivity contribution in [3.63, 3.8) is 0 Å². The van der Waals surface area contributed by atoms with Crippen molar-refractivity contribution >= 4 is 8.58 Å². The summed E-state index contributed by atoms with van der Waals surface area (Å²) in [5, 5.41) is 11.1. The molecule has 0 bridgehead atoms. The molecule has 0 radical (unpaired) electrons. The Kier molecular flexibility index (Phi) is 34.5. The molecule has 0 aliphatic carbocycles. The van der Waals surface area contributed by atoms with E-state index in [1.54, 1.807) is 0 Å². The first kappa shape index (κ1) is 44.1. The first-order valence-corrected chi connectivity index (χ1v) is 21.4. The average Bonchev–Trinajstić information content (AvgIpc) is 2.99. The lowest BCUT2D eigenvalue weighted by Crippen LogP contribution is -2.49. The zero-order valence-electron chi connectivity index (χ0n) is 31.3. The molecule has 1 N–H and O–H groups in total. The SMILES string of the molecule is CCCCCCCC/C=C\CCCCCCCCC(O)C([P-]CCCCCCCCCCCCCCCCCC)[N+](C)(C)C. The summed E-state index contributed by atoms with van der Waals surface area (Å²) in [7, 11) is 8.28. The number of rotatable bonds is 36. The second-order valence-corrected chi connectivity index (χ2v) is 16.4. The molecule has 0 saturated heterocycles. The zero-order chi connectivity index (χ0) is 32.4. The Morgan fingerprint density at radius 2 is 0.773 bits per heavy atom. The van der Waals surface area contributed by atoms with E-state index in [9.17, 15) is 5.11 Å². The van der Waals surface area contributed by atoms with Gasteiger partial charge in [-0.15, -0.1) is 0 Å². The third-order valence-corrected chi connectivity index (χ3v) is 11.5. The Labute approximate surface area is 281 Å². The van der Waals surface area contributed by atoms with Crippen LogP contribution in [-0.4, -0.2) is 48.8 Å². The number of likely N-dealkylation sites (N-methyl/N-ethyl adjacent to an activating group) is 1. The molecule has 0 amide bonds. The molecule has 0 spiro atoms. The van der Waals surface area contributed by atoms with Gasteiger partial charge in [0, 0.05) is 0 Å². The molecule has 0 heterocycles. The largest absolute Gasteiger partial charge is 0.471 e. The molecule has 44 heavy (non-hydrogen) atoms. The smallest absolute Gasteiger partial charge is 0.0775 e. The van der Waals surface area contributed by atoms with Crippen LogP contribution in [-0.2, 0) is 0 Å². The van der Waals surface area contributed by atoms with Gasteiger partial charge >= 0.3 is 0 Å². The Bertz CT molecular complexity index is 571. The van der Waals surface area contributed by atoms with Gasteiger partial charge in [0.1, 0.15) is 0 Å². The lowest BCUT2D eigenvalue weighted by Gasteiger charge is -2.46. The fourth-order valence-corrected chi connectivity index (χ4v) is 8.07. The fraction of sp³-hybridized carbons (Fsp3) is 0.951. The van der Waals surface area contributed by atoms with Crippen LogP contribution in [0, 0.1) is 0 Å². The highest BCUT2D eigenvalue weighted by atomic mass is 31.1. The molecule has 0 aromatic heterocycles. The standard InChI is InChI=1S/C41H84NOP/c1-6-8-10-12-14-16-18-20-22-24-26-28-30-32-34-36-38-40(43)41(42(3,4)5)44-39-37-35-33-31-29-27-25-23-21-19-17-15-13-11-9-7-2/h20,22,40-41,43H,6-19,21,23-39H2,1-5H3/b22-20-. The predicted molar refractivity (Wildman–Crippen MR) is 203 cm³/mol. The fourth-order valence-electron chi connectivity index (χ4n) is 6.52. The molecule has 3 heteroatoms. The van der Waals surface area contributed by atoms with Crippen LogP contribution in [0.4, 0.5) is 0 Å². The third kappa shape index (κ3) is 32.0. The van der Waals surface area contributed by atoms with E-state index in [-0.39, 0.29) is 6.10 Å². The molecule has 0 aromatic rings. The summed E-state index contributed by atoms with van der Waals surface area (Å²) in [5.41, 5.74) is 0. The van der Waals surface area contributed by atoms with Gasteiger partial charge in [0.15, 0.2) is 0 Å². The minimum Gasteiger partial charge on any atom is -0.471 e. The van der Waals surface area contributed by atoms with Crippen LogP contribution in [0.25, 0.3) is 0 Å². The van der Waals surface area contributed by atoms with Gasteiger partial charge in [0.2, 0.25) is 0 Å². The zero-order valence-corrected chi connectivity index (χ0v) is 32.2. The summed E-state index contributed by atoms with van der Waals surface area (Å²) in [6, 6.07) is 0. The van der Waals surface area contributed by atoms with Crippen molar-refractivity contribution in [1.29, 1.82) is 0 Å². The minimum atomic E-state index is -0.158. The normalized spacial score (nSPS) is 14.0. The van der Waals surface area contributed by atoms with Gasteiger partial charge in [-0.25, -0.2) is 0 Å². The van der Waals surface area contributed by atoms with E-state index in [1.165, 1.54) is 207 Å². The first-order valence-electron chi connectivity index (χ1n) is 20.2. The summed E-state index contributed by atoms with van der Waals surface area (Å²) in [6.07, 6.45) is 48.6. The van der Waals surface area contributed by atoms with Gasteiger partial charge in [-0.2, -0.15) is 6.16 Å². The van der Waals surface area contributed by atoms with Crippen molar-refractivity contribution in [3.8, 4) is 0 Å². The maximum atomic E-state index is 11.1. The molecule has 2 atom stereocenters. The Morgan fingerprint density at radius 1 is 0.455 bits per heavy atom. The van der Waals surface area contributed by atoms with Crippen molar-refractivity contribution < 1.29 is 9.59 Å². The van der Waals surface area contributed by atoms with Crippen LogP contribution in [0.2, 0.25) is 0 Å². The van der Waals surface area contributed by atoms with E-state index in [0.717, 1.165) is 10.9 Å². The molecule has 0 fully saturated rings. The molecule has 2 nitrogen and oxygen atoms in total. The lowest BCUT2D eigenvalue weighted by molar-refractivity contribution is -0.885. The highest BCUT2D eigenvalue weighted by Gasteiger charge is 2.22. The van der Waals surface area contributed by atoms with Gasteiger partial charge in [-0.3, -0.25) is 0 Å². The molecule has 0 aliphatic heterocycles. The molecule has 0 saturated carbocycles. The molecule has 2 unspecified atom stereocenters. The van der Waals surface area contributed by atoms with Crippen molar-refractivity contribution in [2.75, 3.05) is 27.3 Å². The third-order valence-electron chi connectivity index (χ3n) is 9.48. The maximum Gasteiger partial charge on any atom is 0.0775 e. The monoisotopic (exact) mass is 638 g/mol. The first-order chi connectivity index (χ1) is 21.4. The summed E-state index contributed by atoms with van der Waals surface area (Å²) in [5.74, 6) is 0.356. The predicted octanol–water partition coefficient (Wildman–Crippen LogP) is 14.0. The van der Waals surface area contributed by atoms with Gasteiger partial charge in [0.25, 0.3) is 0 Å². The van der Waals surface area contributed by atoms with Crippen molar-refractivity contribution in [2.45, 2.75) is 225 Å². The van der Waals surface area contributed by atoms with Crippen LogP contribution in [0.15, 0.2) is 12.2 Å². The number of aliphatic hydroxyl groups is 1. The number of unbranched alkanes of at least 4 members (excludes halogenated alkanes) is 27. The number of allylic oxidation sites excluding steroid dienone is 2. The Morgan fingerprint density at radius 3 is 1.14 bits per heavy atom. The van der Waals surface area contributed by atoms with Crippen LogP contribution >= 0.6 is 8.58 Å². The highest BCUT2D eigenvalue weighted by Crippen LogP contribution is 2.31. The van der Waals surface area contributed by atoms with Gasteiger partial charge < -0.3 is 18.2 Å². The molecule has 0 rings (SSSR count). The van der Waals surface area contributed by atoms with E-state index in [0.29, 0.717) is 5.78 Å². The van der Waals surface area contributed by atoms with E-state index in [2.05, 4.69) is 47.1 Å². The van der Waals surface area contributed by atoms with Crippen LogP contribution in [0.1, 0.15) is 213 Å². The van der Waals surface area contributed by atoms with E-state index in [4.69, 9.17) is 0 Å². The molecule has 0 aromatic carbocycles. The maximum absolute atomic E-state index is 11.1. The van der Waals surface area contributed by atoms with Gasteiger partial charge in [0.05, 0.1) is 27.2 Å². The summed E-state index contributed by atoms with van der Waals surface area (Å²) in [4.78, 5) is 0. The number of hydrogen-bond acceptors (Lipinski definition) is 1. The van der Waals surface area contributed by atoms with Gasteiger partial charge in [-0.1, -0.05) is 193 Å². The number of hydrogen-bond donors (Lipinski definition) is 1. The highest BCUT2D eigenvalue weighted by molar-refractivity contribution is 7.38. The number of aliphatic hydroxyl groups excluding tert-OH is 1. The quantitative estimate of drug-likeness (QED) is 0.0314. The second-order valence-electron chi connectivity index (χ2n) is 15.0. The van der Waals surface area contributed by atoms with E-state index in [1.807, 2.05) is 0 Å². The molecule has 0 aliphatic rings. The molecular formula is C41H84NOP. The number of nitrogens with zero attached hydrogens (tertiary/aromatic N) is 1. The van der Waals surface area contributed by atoms with Crippen molar-refractivity contribution in [2.24, 2.45) is 0 Å². The topological polar surface area (TPSA) is 20.2 Å². The lowest BCUT2D eigenvalue weighted by atomic mass is 10.0. The van der Waals surface area contributed by atoms with Crippen molar-refractivity contribution in [1.82, 2.24) is 0 Å². The Hall–Kier alpha value is 0.0900. The minimum absolute atomic E-state index is 0.158. The number of quaternary nitrogens is 1. The second kappa shape index (κ2) is 34.4. The molecular weight excluding hydrogens is 553 g/mol. The van der Waals surface area contributed by atoms with Crippen LogP contribution in [0.3, 0.4) is 0 Å². The van der Waals surface area contributed by atoms with E-state index >= 15 is 0 Å². The van der Waals surface area contributed by atoms with E-state index < -0.39 is 0 Å². The molecule has 264 valence electrons. The van der Waals surface area contributed by atoms with Crippen LogP contribution in [0.5, 0.6) is 0 Å². The van der Waals surface area contributed by atoms with Gasteiger partial charge in [-0.05, 0) is 37.9 Å². The average molecular weight is 638 g/mol. The Balaban J connectivity index is 3.65.